The number of nitrogens with one attached hydrogen (secondary N) is 1. The van der Waals surface area contributed by atoms with Crippen LogP contribution in [0.2, 0.25) is 0 Å². The van der Waals surface area contributed by atoms with E-state index in [1.54, 1.807) is 17.7 Å². The summed E-state index contributed by atoms with van der Waals surface area (Å²) in [5, 5.41) is 16.8. The van der Waals surface area contributed by atoms with Crippen LogP contribution >= 0.6 is 11.3 Å². The van der Waals surface area contributed by atoms with Gasteiger partial charge in [-0.25, -0.2) is 4.98 Å². The Kier molecular flexibility index (Phi) is 4.95. The number of amides is 1. The number of aliphatic hydroxyl groups is 1. The molecule has 0 atom stereocenters. The summed E-state index contributed by atoms with van der Waals surface area (Å²) in [6, 6.07) is 8.91. The molecule has 0 radical (unpaired) electrons. The van der Waals surface area contributed by atoms with Crippen molar-refractivity contribution in [3.8, 4) is 10.7 Å². The molecule has 148 valence electrons. The Hall–Kier alpha value is -3.37. The van der Waals surface area contributed by atoms with E-state index in [2.05, 4.69) is 20.4 Å². The van der Waals surface area contributed by atoms with E-state index in [9.17, 15) is 14.7 Å². The van der Waals surface area contributed by atoms with Crippen molar-refractivity contribution >= 4 is 28.7 Å². The lowest BCUT2D eigenvalue weighted by molar-refractivity contribution is -0.116. The van der Waals surface area contributed by atoms with E-state index < -0.39 is 0 Å². The quantitative estimate of drug-likeness (QED) is 0.518. The van der Waals surface area contributed by atoms with Crippen molar-refractivity contribution < 1.29 is 9.90 Å². The monoisotopic (exact) mass is 410 g/mol. The number of anilines is 1. The Balaban J connectivity index is 1.68. The minimum absolute atomic E-state index is 0.0216. The average Bonchev–Trinajstić information content (AvgIpc) is 3.34. The molecule has 4 aromatic rings. The summed E-state index contributed by atoms with van der Waals surface area (Å²) in [5.41, 5.74) is 2.06. The lowest BCUT2D eigenvalue weighted by Crippen LogP contribution is -2.25. The molecule has 0 aliphatic heterocycles. The summed E-state index contributed by atoms with van der Waals surface area (Å²) in [7, 11) is 0. The minimum atomic E-state index is -0.335. The number of hydrogen-bond donors (Lipinski definition) is 2. The summed E-state index contributed by atoms with van der Waals surface area (Å²) in [6.07, 6.45) is 1.55. The van der Waals surface area contributed by atoms with E-state index in [1.807, 2.05) is 31.2 Å². The number of fused-ring (bicyclic) bond motifs is 1. The molecule has 0 fully saturated rings. The van der Waals surface area contributed by atoms with Gasteiger partial charge in [-0.15, -0.1) is 16.4 Å². The van der Waals surface area contributed by atoms with Gasteiger partial charge >= 0.3 is 0 Å². The van der Waals surface area contributed by atoms with Crippen molar-refractivity contribution in [2.75, 3.05) is 5.32 Å². The highest BCUT2D eigenvalue weighted by Crippen LogP contribution is 2.23. The van der Waals surface area contributed by atoms with Crippen molar-refractivity contribution in [1.29, 1.82) is 0 Å². The fraction of sp³-hybridized carbons (Fsp3) is 0.211. The van der Waals surface area contributed by atoms with Crippen LogP contribution in [0, 0.1) is 13.8 Å². The van der Waals surface area contributed by atoms with Crippen LogP contribution in [0.15, 0.2) is 41.3 Å². The summed E-state index contributed by atoms with van der Waals surface area (Å²) in [4.78, 5) is 34.1. The van der Waals surface area contributed by atoms with Crippen molar-refractivity contribution in [1.82, 2.24) is 24.1 Å². The number of benzene rings is 1. The van der Waals surface area contributed by atoms with Gasteiger partial charge in [-0.3, -0.25) is 9.59 Å². The molecular formula is C19H18N6O3S. The molecule has 0 aliphatic carbocycles. The van der Waals surface area contributed by atoms with Crippen LogP contribution in [-0.4, -0.2) is 35.2 Å². The van der Waals surface area contributed by atoms with Crippen molar-refractivity contribution in [2.45, 2.75) is 27.0 Å². The maximum absolute atomic E-state index is 12.6. The third-order valence-electron chi connectivity index (χ3n) is 4.34. The first-order chi connectivity index (χ1) is 13.9. The Morgan fingerprint density at radius 2 is 2.00 bits per heavy atom. The number of carbonyl (C=O) groups excluding carboxylic acids is 1. The largest absolute Gasteiger partial charge is 0.389 e. The lowest BCUT2D eigenvalue weighted by Gasteiger charge is -2.11. The van der Waals surface area contributed by atoms with Crippen molar-refractivity contribution in [3.63, 3.8) is 0 Å². The molecule has 10 heteroatoms. The van der Waals surface area contributed by atoms with Gasteiger partial charge in [-0.1, -0.05) is 17.7 Å². The van der Waals surface area contributed by atoms with E-state index in [0.29, 0.717) is 27.1 Å². The fourth-order valence-electron chi connectivity index (χ4n) is 2.87. The first-order valence-electron chi connectivity index (χ1n) is 8.84. The summed E-state index contributed by atoms with van der Waals surface area (Å²) in [6.45, 7) is 3.52. The number of aromatic nitrogens is 5. The van der Waals surface area contributed by atoms with Crippen LogP contribution in [0.4, 0.5) is 5.69 Å². The second kappa shape index (κ2) is 7.57. The van der Waals surface area contributed by atoms with Crippen molar-refractivity contribution in [2.24, 2.45) is 0 Å². The lowest BCUT2D eigenvalue weighted by atomic mass is 10.2. The first kappa shape index (κ1) is 19.0. The molecule has 2 N–H and O–H groups in total. The van der Waals surface area contributed by atoms with Gasteiger partial charge in [-0.05, 0) is 26.0 Å². The molecule has 0 spiro atoms. The van der Waals surface area contributed by atoms with E-state index in [0.717, 1.165) is 5.56 Å². The van der Waals surface area contributed by atoms with Gasteiger partial charge in [0.25, 0.3) is 5.56 Å². The Labute approximate surface area is 169 Å². The van der Waals surface area contributed by atoms with Crippen LogP contribution in [0.3, 0.4) is 0 Å². The topological polar surface area (TPSA) is 114 Å². The normalized spacial score (nSPS) is 11.1. The third-order valence-corrected chi connectivity index (χ3v) is 5.32. The van der Waals surface area contributed by atoms with Gasteiger partial charge in [-0.2, -0.15) is 9.50 Å². The standard InChI is InChI=1S/C19H18N6O3S/c1-11-3-5-13(6-4-11)21-15(27)9-24-12(2)7-17(28)25-19(24)22-18(23-25)14-8-20-16(10-26)29-14/h3-8,26H,9-10H2,1-2H3,(H,21,27). The Morgan fingerprint density at radius 3 is 2.69 bits per heavy atom. The van der Waals surface area contributed by atoms with E-state index >= 15 is 0 Å². The second-order valence-corrected chi connectivity index (χ2v) is 7.66. The summed E-state index contributed by atoms with van der Waals surface area (Å²) >= 11 is 1.24. The fourth-order valence-corrected chi connectivity index (χ4v) is 3.58. The van der Waals surface area contributed by atoms with Gasteiger partial charge in [0.2, 0.25) is 11.7 Å². The van der Waals surface area contributed by atoms with Crippen LogP contribution < -0.4 is 10.9 Å². The maximum Gasteiger partial charge on any atom is 0.275 e. The number of hydrogen-bond acceptors (Lipinski definition) is 7. The predicted octanol–water partition coefficient (Wildman–Crippen LogP) is 1.76. The maximum atomic E-state index is 12.6. The molecule has 0 unspecified atom stereocenters. The van der Waals surface area contributed by atoms with E-state index in [-0.39, 0.29) is 30.4 Å². The highest BCUT2D eigenvalue weighted by Gasteiger charge is 2.17. The number of nitrogens with zero attached hydrogens (tertiary/aromatic N) is 5. The Morgan fingerprint density at radius 1 is 1.24 bits per heavy atom. The van der Waals surface area contributed by atoms with Gasteiger partial charge in [0.1, 0.15) is 11.6 Å². The first-order valence-corrected chi connectivity index (χ1v) is 9.66. The van der Waals surface area contributed by atoms with Gasteiger partial charge < -0.3 is 15.0 Å². The SMILES string of the molecule is Cc1ccc(NC(=O)Cn2c(C)cc(=O)n3nc(-c4cnc(CO)s4)nc23)cc1. The number of rotatable bonds is 5. The van der Waals surface area contributed by atoms with Crippen LogP contribution in [0.25, 0.3) is 16.5 Å². The third kappa shape index (κ3) is 3.80. The highest BCUT2D eigenvalue weighted by molar-refractivity contribution is 7.15. The molecule has 1 aromatic carbocycles. The van der Waals surface area contributed by atoms with Gasteiger partial charge in [0.05, 0.1) is 11.5 Å². The molecule has 0 bridgehead atoms. The number of thiazole rings is 1. The minimum Gasteiger partial charge on any atom is -0.389 e. The Bertz CT molecular complexity index is 1260. The molecule has 0 aliphatic rings. The molecule has 3 heterocycles. The molecule has 9 nitrogen and oxygen atoms in total. The molecule has 4 rings (SSSR count). The molecule has 3 aromatic heterocycles. The second-order valence-electron chi connectivity index (χ2n) is 6.55. The van der Waals surface area contributed by atoms with E-state index in [4.69, 9.17) is 0 Å². The summed E-state index contributed by atoms with van der Waals surface area (Å²) < 4.78 is 2.80. The van der Waals surface area contributed by atoms with Crippen LogP contribution in [0.1, 0.15) is 16.3 Å². The van der Waals surface area contributed by atoms with Gasteiger partial charge in [0, 0.05) is 23.6 Å². The average molecular weight is 410 g/mol. The summed E-state index contributed by atoms with van der Waals surface area (Å²) in [5.74, 6) is 0.341. The number of aliphatic hydroxyl groups excluding tert-OH is 1. The zero-order valence-corrected chi connectivity index (χ0v) is 16.6. The van der Waals surface area contributed by atoms with Crippen molar-refractivity contribution in [3.05, 3.63) is 63.1 Å². The predicted molar refractivity (Wildman–Crippen MR) is 109 cm³/mol. The highest BCUT2D eigenvalue weighted by atomic mass is 32.1. The molecular weight excluding hydrogens is 392 g/mol. The van der Waals surface area contributed by atoms with Gasteiger partial charge in [0.15, 0.2) is 5.82 Å². The zero-order valence-electron chi connectivity index (χ0n) is 15.8. The van der Waals surface area contributed by atoms with Crippen LogP contribution in [-0.2, 0) is 17.9 Å². The molecule has 1 amide bonds. The van der Waals surface area contributed by atoms with E-state index in [1.165, 1.54) is 21.9 Å². The molecule has 29 heavy (non-hydrogen) atoms. The molecule has 0 saturated carbocycles. The van der Waals surface area contributed by atoms with Crippen LogP contribution in [0.5, 0.6) is 0 Å². The number of carbonyl (C=O) groups is 1. The molecule has 0 saturated heterocycles. The zero-order chi connectivity index (χ0) is 20.5. The number of aryl methyl sites for hydroxylation is 2. The smallest absolute Gasteiger partial charge is 0.275 e.